The van der Waals surface area contributed by atoms with E-state index in [0.717, 1.165) is 41.2 Å². The number of thiazole rings is 1. The maximum Gasteiger partial charge on any atom is 0.255 e. The monoisotopic (exact) mass is 425 g/mol. The highest BCUT2D eigenvalue weighted by molar-refractivity contribution is 7.15. The lowest BCUT2D eigenvalue weighted by Gasteiger charge is -2.29. The van der Waals surface area contributed by atoms with Crippen molar-refractivity contribution in [2.24, 2.45) is 5.73 Å². The van der Waals surface area contributed by atoms with Crippen molar-refractivity contribution in [1.82, 2.24) is 15.2 Å². The first-order chi connectivity index (χ1) is 14.5. The second-order valence-electron chi connectivity index (χ2n) is 8.14. The molecule has 1 aromatic carbocycles. The van der Waals surface area contributed by atoms with E-state index >= 15 is 0 Å². The number of nitrogens with one attached hydrogen (secondary N) is 2. The summed E-state index contributed by atoms with van der Waals surface area (Å²) in [6, 6.07) is 5.47. The van der Waals surface area contributed by atoms with Gasteiger partial charge in [-0.25, -0.2) is 4.98 Å². The van der Waals surface area contributed by atoms with Gasteiger partial charge in [-0.05, 0) is 42.9 Å². The van der Waals surface area contributed by atoms with Crippen LogP contribution < -0.4 is 16.4 Å². The number of hydrogen-bond donors (Lipinski definition) is 3. The number of piperidine rings is 1. The zero-order chi connectivity index (χ0) is 20.8. The van der Waals surface area contributed by atoms with Crippen LogP contribution in [0.25, 0.3) is 0 Å². The Morgan fingerprint density at radius 2 is 2.10 bits per heavy atom. The van der Waals surface area contributed by atoms with Crippen molar-refractivity contribution in [3.05, 3.63) is 45.5 Å². The first-order valence-electron chi connectivity index (χ1n) is 10.2. The smallest absolute Gasteiger partial charge is 0.255 e. The van der Waals surface area contributed by atoms with Gasteiger partial charge in [0.1, 0.15) is 6.04 Å². The minimum atomic E-state index is -0.586. The highest BCUT2D eigenvalue weighted by Gasteiger charge is 2.39. The van der Waals surface area contributed by atoms with Gasteiger partial charge in [0.2, 0.25) is 11.8 Å². The molecular weight excluding hydrogens is 402 g/mol. The molecule has 3 heterocycles. The standard InChI is InChI=1S/C21H23N5O3S/c22-13-3-4-15-17(8-13)30-21(24-15)23-9-11-1-2-12-10-26(20(29)14(12)7-11)16-5-6-18(27)25-19(16)28/h1-2,7,13,16H,3-6,8-10,22H2,(H,23,24)(H,25,27,28)/t13-,16?/m1/s1. The van der Waals surface area contributed by atoms with Gasteiger partial charge in [0.25, 0.3) is 5.91 Å². The summed E-state index contributed by atoms with van der Waals surface area (Å²) in [6.07, 6.45) is 3.43. The maximum atomic E-state index is 12.9. The van der Waals surface area contributed by atoms with Crippen LogP contribution in [0.2, 0.25) is 0 Å². The number of hydrogen-bond acceptors (Lipinski definition) is 7. The Bertz CT molecular complexity index is 1050. The highest BCUT2D eigenvalue weighted by Crippen LogP contribution is 2.31. The molecule has 156 valence electrons. The maximum absolute atomic E-state index is 12.9. The zero-order valence-electron chi connectivity index (χ0n) is 16.4. The number of nitrogens with two attached hydrogens (primary N) is 1. The van der Waals surface area contributed by atoms with E-state index in [0.29, 0.717) is 25.1 Å². The molecule has 3 aliphatic rings. The van der Waals surface area contributed by atoms with Crippen LogP contribution in [0.3, 0.4) is 0 Å². The Labute approximate surface area is 177 Å². The number of carbonyl (C=O) groups is 3. The topological polar surface area (TPSA) is 117 Å². The molecule has 30 heavy (non-hydrogen) atoms. The van der Waals surface area contributed by atoms with Gasteiger partial charge >= 0.3 is 0 Å². The number of fused-ring (bicyclic) bond motifs is 2. The van der Waals surface area contributed by atoms with Crippen molar-refractivity contribution in [1.29, 1.82) is 0 Å². The van der Waals surface area contributed by atoms with E-state index in [4.69, 9.17) is 5.73 Å². The van der Waals surface area contributed by atoms with Gasteiger partial charge in [-0.1, -0.05) is 12.1 Å². The van der Waals surface area contributed by atoms with E-state index in [1.807, 2.05) is 18.2 Å². The molecule has 0 saturated carbocycles. The molecule has 8 nitrogen and oxygen atoms in total. The predicted octanol–water partition coefficient (Wildman–Crippen LogP) is 1.33. The van der Waals surface area contributed by atoms with Crippen LogP contribution in [-0.4, -0.2) is 39.7 Å². The average molecular weight is 426 g/mol. The first kappa shape index (κ1) is 19.2. The lowest BCUT2D eigenvalue weighted by molar-refractivity contribution is -0.136. The molecule has 1 aromatic heterocycles. The third-order valence-corrected chi connectivity index (χ3v) is 7.09. The molecule has 1 fully saturated rings. The molecule has 1 unspecified atom stereocenters. The van der Waals surface area contributed by atoms with Gasteiger partial charge in [0, 0.05) is 36.0 Å². The largest absolute Gasteiger partial charge is 0.357 e. The molecule has 0 spiro atoms. The Morgan fingerprint density at radius 3 is 2.93 bits per heavy atom. The number of aromatic nitrogens is 1. The summed E-state index contributed by atoms with van der Waals surface area (Å²) in [6.45, 7) is 0.963. The highest BCUT2D eigenvalue weighted by atomic mass is 32.1. The molecule has 9 heteroatoms. The molecular formula is C21H23N5O3S. The molecule has 1 saturated heterocycles. The molecule has 3 amide bonds. The average Bonchev–Trinajstić information content (AvgIpc) is 3.27. The van der Waals surface area contributed by atoms with Crippen LogP contribution in [0.5, 0.6) is 0 Å². The number of amides is 3. The SMILES string of the molecule is N[C@@H]1CCc2nc(NCc3ccc4c(c3)C(=O)N(C3CCC(=O)NC3=O)C4)sc2C1. The fourth-order valence-electron chi connectivity index (χ4n) is 4.37. The van der Waals surface area contributed by atoms with Gasteiger partial charge in [-0.3, -0.25) is 19.7 Å². The van der Waals surface area contributed by atoms with Crippen LogP contribution in [0.4, 0.5) is 5.13 Å². The molecule has 5 rings (SSSR count). The van der Waals surface area contributed by atoms with E-state index in [2.05, 4.69) is 15.6 Å². The first-order valence-corrected chi connectivity index (χ1v) is 11.0. The summed E-state index contributed by atoms with van der Waals surface area (Å²) in [7, 11) is 0. The second-order valence-corrected chi connectivity index (χ2v) is 9.22. The minimum Gasteiger partial charge on any atom is -0.357 e. The summed E-state index contributed by atoms with van der Waals surface area (Å²) in [5.41, 5.74) is 9.72. The molecule has 4 N–H and O–H groups in total. The number of rotatable bonds is 4. The molecule has 1 aliphatic carbocycles. The van der Waals surface area contributed by atoms with Crippen LogP contribution in [-0.2, 0) is 35.5 Å². The minimum absolute atomic E-state index is 0.153. The molecule has 0 bridgehead atoms. The predicted molar refractivity (Wildman–Crippen MR) is 112 cm³/mol. The Hall–Kier alpha value is -2.78. The van der Waals surface area contributed by atoms with Crippen LogP contribution in [0.15, 0.2) is 18.2 Å². The number of aryl methyl sites for hydroxylation is 1. The van der Waals surface area contributed by atoms with Crippen LogP contribution >= 0.6 is 11.3 Å². The molecule has 2 atom stereocenters. The van der Waals surface area contributed by atoms with Crippen molar-refractivity contribution in [3.63, 3.8) is 0 Å². The quantitative estimate of drug-likeness (QED) is 0.636. The number of carbonyl (C=O) groups excluding carboxylic acids is 3. The molecule has 2 aromatic rings. The van der Waals surface area contributed by atoms with E-state index < -0.39 is 6.04 Å². The fourth-order valence-corrected chi connectivity index (χ4v) is 5.46. The summed E-state index contributed by atoms with van der Waals surface area (Å²) < 4.78 is 0. The van der Waals surface area contributed by atoms with Gasteiger partial charge in [0.15, 0.2) is 5.13 Å². The van der Waals surface area contributed by atoms with Crippen LogP contribution in [0, 0.1) is 0 Å². The second kappa shape index (κ2) is 7.48. The molecule has 2 aliphatic heterocycles. The summed E-state index contributed by atoms with van der Waals surface area (Å²) in [5, 5.41) is 6.58. The Balaban J connectivity index is 1.27. The van der Waals surface area contributed by atoms with Crippen molar-refractivity contribution >= 4 is 34.2 Å². The third-order valence-electron chi connectivity index (χ3n) is 6.01. The summed E-state index contributed by atoms with van der Waals surface area (Å²) in [4.78, 5) is 44.0. The normalized spacial score (nSPS) is 23.2. The number of benzene rings is 1. The summed E-state index contributed by atoms with van der Waals surface area (Å²) >= 11 is 1.65. The van der Waals surface area contributed by atoms with E-state index in [1.165, 1.54) is 4.88 Å². The Kier molecular flexibility index (Phi) is 4.79. The van der Waals surface area contributed by atoms with Crippen molar-refractivity contribution in [2.45, 2.75) is 57.3 Å². The van der Waals surface area contributed by atoms with Crippen molar-refractivity contribution < 1.29 is 14.4 Å². The van der Waals surface area contributed by atoms with Gasteiger partial charge in [0.05, 0.1) is 5.69 Å². The number of anilines is 1. The van der Waals surface area contributed by atoms with Crippen molar-refractivity contribution in [3.8, 4) is 0 Å². The van der Waals surface area contributed by atoms with E-state index in [1.54, 1.807) is 16.2 Å². The molecule has 0 radical (unpaired) electrons. The van der Waals surface area contributed by atoms with Crippen LogP contribution in [0.1, 0.15) is 51.3 Å². The lowest BCUT2D eigenvalue weighted by Crippen LogP contribution is -2.52. The van der Waals surface area contributed by atoms with E-state index in [9.17, 15) is 14.4 Å². The van der Waals surface area contributed by atoms with Crippen molar-refractivity contribution in [2.75, 3.05) is 5.32 Å². The summed E-state index contributed by atoms with van der Waals surface area (Å²) in [5.74, 6) is -0.818. The van der Waals surface area contributed by atoms with E-state index in [-0.39, 0.29) is 30.2 Å². The van der Waals surface area contributed by atoms with Gasteiger partial charge in [-0.15, -0.1) is 11.3 Å². The third kappa shape index (κ3) is 3.48. The fraction of sp³-hybridized carbons (Fsp3) is 0.429. The lowest BCUT2D eigenvalue weighted by atomic mass is 9.99. The van der Waals surface area contributed by atoms with Gasteiger partial charge < -0.3 is 16.0 Å². The Morgan fingerprint density at radius 1 is 1.23 bits per heavy atom. The van der Waals surface area contributed by atoms with Gasteiger partial charge in [-0.2, -0.15) is 0 Å². The number of nitrogens with zero attached hydrogens (tertiary/aromatic N) is 2. The zero-order valence-corrected chi connectivity index (χ0v) is 17.3. The number of imide groups is 1.